The number of nitrogens with zero attached hydrogens (tertiary/aromatic N) is 3. The van der Waals surface area contributed by atoms with Crippen molar-refractivity contribution in [2.24, 2.45) is 11.3 Å². The van der Waals surface area contributed by atoms with Crippen LogP contribution in [0.1, 0.15) is 11.5 Å². The molecule has 1 aromatic rings. The first kappa shape index (κ1) is 15.4. The van der Waals surface area contributed by atoms with Crippen molar-refractivity contribution in [2.45, 2.75) is 18.7 Å². The van der Waals surface area contributed by atoms with E-state index in [1.165, 1.54) is 4.31 Å². The zero-order valence-corrected chi connectivity index (χ0v) is 13.6. The van der Waals surface area contributed by atoms with Gasteiger partial charge in [0.05, 0.1) is 5.41 Å². The van der Waals surface area contributed by atoms with Crippen LogP contribution in [-0.2, 0) is 14.8 Å². The second-order valence-corrected chi connectivity index (χ2v) is 8.18. The highest BCUT2D eigenvalue weighted by atomic mass is 32.2. The molecule has 2 saturated heterocycles. The Morgan fingerprint density at radius 3 is 2.55 bits per heavy atom. The summed E-state index contributed by atoms with van der Waals surface area (Å²) in [6.45, 7) is 4.26. The third kappa shape index (κ3) is 1.99. The Balaban J connectivity index is 1.98. The minimum absolute atomic E-state index is 0.0102. The molecule has 1 aromatic heterocycles. The molecule has 3 heterocycles. The molecule has 1 N–H and O–H groups in total. The van der Waals surface area contributed by atoms with Gasteiger partial charge in [-0.1, -0.05) is 5.16 Å². The second kappa shape index (κ2) is 4.77. The van der Waals surface area contributed by atoms with Crippen LogP contribution in [-0.4, -0.2) is 67.1 Å². The SMILES string of the molecule is Cc1noc(C)c1S(=O)(=O)N1C[C@@H]2CN(C)C[C@]2(C(=O)O)C1. The molecular weight excluding hydrogens is 310 g/mol. The summed E-state index contributed by atoms with van der Waals surface area (Å²) in [5.74, 6) is -0.903. The molecule has 8 nitrogen and oxygen atoms in total. The van der Waals surface area contributed by atoms with E-state index in [0.29, 0.717) is 18.8 Å². The first-order valence-electron chi connectivity index (χ1n) is 7.03. The number of hydrogen-bond acceptors (Lipinski definition) is 6. The van der Waals surface area contributed by atoms with E-state index in [1.807, 2.05) is 11.9 Å². The largest absolute Gasteiger partial charge is 0.481 e. The molecule has 0 bridgehead atoms. The van der Waals surface area contributed by atoms with Crippen LogP contribution in [0.5, 0.6) is 0 Å². The van der Waals surface area contributed by atoms with Crippen LogP contribution in [0.25, 0.3) is 0 Å². The van der Waals surface area contributed by atoms with Crippen molar-refractivity contribution in [1.29, 1.82) is 0 Å². The Hall–Kier alpha value is -1.45. The molecule has 2 atom stereocenters. The van der Waals surface area contributed by atoms with E-state index < -0.39 is 21.4 Å². The first-order chi connectivity index (χ1) is 10.2. The highest BCUT2D eigenvalue weighted by Crippen LogP contribution is 2.44. The maximum atomic E-state index is 12.8. The van der Waals surface area contributed by atoms with E-state index in [1.54, 1.807) is 13.8 Å². The molecule has 122 valence electrons. The summed E-state index contributed by atoms with van der Waals surface area (Å²) in [6, 6.07) is 0. The monoisotopic (exact) mass is 329 g/mol. The van der Waals surface area contributed by atoms with Gasteiger partial charge in [-0.2, -0.15) is 4.31 Å². The van der Waals surface area contributed by atoms with Crippen LogP contribution in [0.4, 0.5) is 0 Å². The van der Waals surface area contributed by atoms with Crippen LogP contribution in [0.2, 0.25) is 0 Å². The maximum Gasteiger partial charge on any atom is 0.312 e. The van der Waals surface area contributed by atoms with Gasteiger partial charge < -0.3 is 14.5 Å². The number of carboxylic acids is 1. The number of carboxylic acid groups (broad SMARTS) is 1. The van der Waals surface area contributed by atoms with Crippen LogP contribution < -0.4 is 0 Å². The number of rotatable bonds is 3. The van der Waals surface area contributed by atoms with E-state index in [4.69, 9.17) is 4.52 Å². The lowest BCUT2D eigenvalue weighted by atomic mass is 9.81. The lowest BCUT2D eigenvalue weighted by molar-refractivity contribution is -0.148. The third-order valence-electron chi connectivity index (χ3n) is 4.74. The standard InChI is InChI=1S/C13H19N3O5S/c1-8-11(9(2)21-14-8)22(19,20)16-5-10-4-15(3)6-13(10,7-16)12(17)18/h10H,4-7H2,1-3H3,(H,17,18)/t10-,13-/m0/s1. The number of fused-ring (bicyclic) bond motifs is 1. The van der Waals surface area contributed by atoms with Crippen LogP contribution in [0, 0.1) is 25.2 Å². The highest BCUT2D eigenvalue weighted by Gasteiger charge is 2.59. The Morgan fingerprint density at radius 2 is 2.05 bits per heavy atom. The van der Waals surface area contributed by atoms with Crippen molar-refractivity contribution < 1.29 is 22.8 Å². The highest BCUT2D eigenvalue weighted by molar-refractivity contribution is 7.89. The van der Waals surface area contributed by atoms with E-state index in [9.17, 15) is 18.3 Å². The van der Waals surface area contributed by atoms with Crippen LogP contribution >= 0.6 is 0 Å². The first-order valence-corrected chi connectivity index (χ1v) is 8.47. The maximum absolute atomic E-state index is 12.8. The topological polar surface area (TPSA) is 104 Å². The second-order valence-electron chi connectivity index (χ2n) is 6.31. The predicted octanol–water partition coefficient (Wildman–Crippen LogP) is -0.0717. The minimum atomic E-state index is -3.79. The average Bonchev–Trinajstić information content (AvgIpc) is 3.00. The summed E-state index contributed by atoms with van der Waals surface area (Å²) >= 11 is 0. The number of carbonyl (C=O) groups is 1. The van der Waals surface area contributed by atoms with Gasteiger partial charge in [0.2, 0.25) is 10.0 Å². The molecule has 2 aliphatic rings. The summed E-state index contributed by atoms with van der Waals surface area (Å²) in [7, 11) is -1.94. The predicted molar refractivity (Wildman–Crippen MR) is 75.8 cm³/mol. The van der Waals surface area contributed by atoms with Gasteiger partial charge in [-0.15, -0.1) is 0 Å². The van der Waals surface area contributed by atoms with E-state index >= 15 is 0 Å². The van der Waals surface area contributed by atoms with Crippen LogP contribution in [0.15, 0.2) is 9.42 Å². The molecule has 0 unspecified atom stereocenters. The van der Waals surface area contributed by atoms with E-state index in [-0.39, 0.29) is 29.7 Å². The fourth-order valence-electron chi connectivity index (χ4n) is 3.73. The molecule has 0 aromatic carbocycles. The lowest BCUT2D eigenvalue weighted by Gasteiger charge is -2.23. The van der Waals surface area contributed by atoms with Gasteiger partial charge in [-0.05, 0) is 20.9 Å². The van der Waals surface area contributed by atoms with Crippen molar-refractivity contribution in [3.05, 3.63) is 11.5 Å². The van der Waals surface area contributed by atoms with Crippen molar-refractivity contribution >= 4 is 16.0 Å². The fraction of sp³-hybridized carbons (Fsp3) is 0.692. The molecule has 2 fully saturated rings. The van der Waals surface area contributed by atoms with Crippen molar-refractivity contribution in [3.63, 3.8) is 0 Å². The molecule has 0 radical (unpaired) electrons. The van der Waals surface area contributed by atoms with E-state index in [0.717, 1.165) is 0 Å². The third-order valence-corrected chi connectivity index (χ3v) is 6.80. The molecule has 22 heavy (non-hydrogen) atoms. The Labute approximate surface area is 128 Å². The van der Waals surface area contributed by atoms with Crippen molar-refractivity contribution in [2.75, 3.05) is 33.2 Å². The summed E-state index contributed by atoms with van der Waals surface area (Å²) in [5, 5.41) is 13.3. The summed E-state index contributed by atoms with van der Waals surface area (Å²) in [4.78, 5) is 13.8. The van der Waals surface area contributed by atoms with Gasteiger partial charge in [0, 0.05) is 32.1 Å². The summed E-state index contributed by atoms with van der Waals surface area (Å²) in [5.41, 5.74) is -0.725. The number of aromatic nitrogens is 1. The smallest absolute Gasteiger partial charge is 0.312 e. The number of likely N-dealkylation sites (tertiary alicyclic amines) is 1. The van der Waals surface area contributed by atoms with E-state index in [2.05, 4.69) is 5.16 Å². The number of aryl methyl sites for hydroxylation is 2. The zero-order valence-electron chi connectivity index (χ0n) is 12.7. The Kier molecular flexibility index (Phi) is 3.35. The van der Waals surface area contributed by atoms with Crippen molar-refractivity contribution in [1.82, 2.24) is 14.4 Å². The average molecular weight is 329 g/mol. The number of aliphatic carboxylic acids is 1. The fourth-order valence-corrected chi connectivity index (χ4v) is 5.57. The molecule has 0 spiro atoms. The van der Waals surface area contributed by atoms with Gasteiger partial charge >= 0.3 is 5.97 Å². The molecule has 3 rings (SSSR count). The number of sulfonamides is 1. The Bertz CT molecular complexity index is 709. The van der Waals surface area contributed by atoms with Crippen molar-refractivity contribution in [3.8, 4) is 0 Å². The molecule has 0 amide bonds. The van der Waals surface area contributed by atoms with Gasteiger partial charge in [0.15, 0.2) is 5.76 Å². The van der Waals surface area contributed by atoms with Gasteiger partial charge in [-0.25, -0.2) is 8.42 Å². The van der Waals surface area contributed by atoms with Gasteiger partial charge in [0.1, 0.15) is 10.6 Å². The molecule has 2 aliphatic heterocycles. The Morgan fingerprint density at radius 1 is 1.36 bits per heavy atom. The zero-order chi connectivity index (χ0) is 16.3. The van der Waals surface area contributed by atoms with Gasteiger partial charge in [0.25, 0.3) is 0 Å². The normalized spacial score (nSPS) is 29.9. The van der Waals surface area contributed by atoms with Crippen LogP contribution in [0.3, 0.4) is 0 Å². The molecule has 0 saturated carbocycles. The summed E-state index contributed by atoms with van der Waals surface area (Å²) < 4.78 is 31.9. The summed E-state index contributed by atoms with van der Waals surface area (Å²) in [6.07, 6.45) is 0. The molecule has 9 heteroatoms. The number of hydrogen-bond donors (Lipinski definition) is 1. The lowest BCUT2D eigenvalue weighted by Crippen LogP contribution is -2.41. The molecule has 0 aliphatic carbocycles. The molecular formula is C13H19N3O5S. The minimum Gasteiger partial charge on any atom is -0.481 e. The van der Waals surface area contributed by atoms with Gasteiger partial charge in [-0.3, -0.25) is 4.79 Å². The quantitative estimate of drug-likeness (QED) is 0.827.